The number of sulfonamides is 2. The maximum atomic E-state index is 14.6. The number of nitrogens with zero attached hydrogens (tertiary/aromatic N) is 2. The molecule has 0 unspecified atom stereocenters. The minimum atomic E-state index is -4.03. The van der Waals surface area contributed by atoms with E-state index in [1.54, 1.807) is 43.3 Å². The van der Waals surface area contributed by atoms with Crippen LogP contribution in [0.1, 0.15) is 75.8 Å². The molecule has 5 aliphatic rings. The topological polar surface area (TPSA) is 200 Å². The van der Waals surface area contributed by atoms with Gasteiger partial charge in [0.1, 0.15) is 29.5 Å². The molecule has 2 aromatic carbocycles. The van der Waals surface area contributed by atoms with Gasteiger partial charge in [-0.3, -0.25) is 28.7 Å². The van der Waals surface area contributed by atoms with Gasteiger partial charge >= 0.3 is 6.09 Å². The number of hydrogen-bond donors (Lipinski definition) is 4. The summed E-state index contributed by atoms with van der Waals surface area (Å²) >= 11 is 0. The standard InChI is InChI=1S/C38H47FN6O9S2/c1-37(16-17-37)56(52,53)43-35(48)38-20-25(38)11-6-4-3-5-7-15-31(40-26-12-9-13-27(18-26)42-55(2,50)51)34(47)45-22-28(19-32(45)33(46)41-38)54-36(49)44-21-24-10-8-14-30(39)29(24)23-44/h6,8-14,18,25,28,31-32,40,42H,3-5,7,15-17,19-23H2,1-2H3,(H,41,46)(H,43,48)/t25-,28-,31+,32+,38-/m1/s1. The predicted octanol–water partition coefficient (Wildman–Crippen LogP) is 3.49. The summed E-state index contributed by atoms with van der Waals surface area (Å²) in [7, 11) is -7.62. The lowest BCUT2D eigenvalue weighted by Crippen LogP contribution is -2.58. The van der Waals surface area contributed by atoms with Crippen molar-refractivity contribution in [2.45, 2.75) is 106 Å². The van der Waals surface area contributed by atoms with Crippen molar-refractivity contribution < 1.29 is 45.1 Å². The lowest BCUT2D eigenvalue weighted by molar-refractivity contribution is -0.140. The van der Waals surface area contributed by atoms with Crippen LogP contribution in [-0.2, 0) is 52.3 Å². The molecule has 4 amide bonds. The third kappa shape index (κ3) is 8.36. The summed E-state index contributed by atoms with van der Waals surface area (Å²) in [6.45, 7) is 1.51. The van der Waals surface area contributed by atoms with Crippen molar-refractivity contribution >= 4 is 55.2 Å². The van der Waals surface area contributed by atoms with Crippen LogP contribution >= 0.6 is 0 Å². The van der Waals surface area contributed by atoms with Gasteiger partial charge in [-0.25, -0.2) is 26.0 Å². The molecular formula is C38H47FN6O9S2. The van der Waals surface area contributed by atoms with Crippen molar-refractivity contribution in [2.75, 3.05) is 22.8 Å². The Morgan fingerprint density at radius 2 is 1.75 bits per heavy atom. The first-order valence-electron chi connectivity index (χ1n) is 18.9. The highest BCUT2D eigenvalue weighted by molar-refractivity contribution is 7.92. The summed E-state index contributed by atoms with van der Waals surface area (Å²) in [5.41, 5.74) is 0.185. The van der Waals surface area contributed by atoms with Crippen LogP contribution < -0.4 is 20.1 Å². The summed E-state index contributed by atoms with van der Waals surface area (Å²) < 4.78 is 74.0. The van der Waals surface area contributed by atoms with Crippen LogP contribution in [0.15, 0.2) is 54.6 Å². The van der Waals surface area contributed by atoms with Gasteiger partial charge in [0.2, 0.25) is 31.9 Å². The molecule has 2 saturated carbocycles. The van der Waals surface area contributed by atoms with Gasteiger partial charge in [0, 0.05) is 30.1 Å². The maximum absolute atomic E-state index is 14.6. The van der Waals surface area contributed by atoms with Gasteiger partial charge < -0.3 is 20.3 Å². The number of amides is 4. The average Bonchev–Trinajstić information content (AvgIpc) is 3.92. The molecule has 7 rings (SSSR count). The van der Waals surface area contributed by atoms with Crippen molar-refractivity contribution in [3.8, 4) is 0 Å². The number of nitrogens with one attached hydrogen (secondary N) is 4. The molecule has 4 N–H and O–H groups in total. The smallest absolute Gasteiger partial charge is 0.410 e. The van der Waals surface area contributed by atoms with Crippen LogP contribution in [0.25, 0.3) is 0 Å². The lowest BCUT2D eigenvalue weighted by Gasteiger charge is -2.30. The first-order valence-corrected chi connectivity index (χ1v) is 22.3. The fourth-order valence-corrected chi connectivity index (χ4v) is 9.63. The van der Waals surface area contributed by atoms with E-state index >= 15 is 0 Å². The second-order valence-electron chi connectivity index (χ2n) is 15.9. The van der Waals surface area contributed by atoms with E-state index in [2.05, 4.69) is 20.1 Å². The molecule has 0 spiro atoms. The lowest BCUT2D eigenvalue weighted by atomic mass is 10.0. The van der Waals surface area contributed by atoms with Gasteiger partial charge in [0.05, 0.1) is 29.8 Å². The van der Waals surface area contributed by atoms with Crippen molar-refractivity contribution in [1.29, 1.82) is 0 Å². The zero-order valence-electron chi connectivity index (χ0n) is 31.3. The molecule has 3 heterocycles. The Hall–Kier alpha value is -4.71. The average molecular weight is 815 g/mol. The largest absolute Gasteiger partial charge is 0.444 e. The van der Waals surface area contributed by atoms with Crippen LogP contribution in [0.3, 0.4) is 0 Å². The number of halogens is 1. The molecule has 2 aromatic rings. The van der Waals surface area contributed by atoms with E-state index in [9.17, 15) is 40.4 Å². The molecule has 5 atom stereocenters. The monoisotopic (exact) mass is 814 g/mol. The Labute approximate surface area is 325 Å². The quantitative estimate of drug-likeness (QED) is 0.286. The molecule has 3 aliphatic heterocycles. The minimum Gasteiger partial charge on any atom is -0.444 e. The fraction of sp³-hybridized carbons (Fsp3) is 0.526. The summed E-state index contributed by atoms with van der Waals surface area (Å²) in [4.78, 5) is 58.9. The molecule has 1 saturated heterocycles. The van der Waals surface area contributed by atoms with Crippen LogP contribution in [-0.4, -0.2) is 91.7 Å². The van der Waals surface area contributed by atoms with E-state index in [0.29, 0.717) is 48.9 Å². The maximum Gasteiger partial charge on any atom is 0.410 e. The molecule has 0 bridgehead atoms. The molecule has 15 nitrogen and oxygen atoms in total. The molecule has 0 aromatic heterocycles. The molecule has 56 heavy (non-hydrogen) atoms. The number of carbonyl (C=O) groups is 4. The Bertz CT molecular complexity index is 2180. The van der Waals surface area contributed by atoms with E-state index in [1.807, 2.05) is 12.2 Å². The van der Waals surface area contributed by atoms with E-state index in [0.717, 1.165) is 19.1 Å². The number of hydrogen-bond acceptors (Lipinski definition) is 10. The van der Waals surface area contributed by atoms with Gasteiger partial charge in [-0.1, -0.05) is 43.2 Å². The van der Waals surface area contributed by atoms with Crippen molar-refractivity contribution in [1.82, 2.24) is 19.8 Å². The van der Waals surface area contributed by atoms with Crippen molar-refractivity contribution in [3.05, 3.63) is 71.6 Å². The molecule has 2 aliphatic carbocycles. The van der Waals surface area contributed by atoms with Crippen LogP contribution in [0.4, 0.5) is 20.6 Å². The van der Waals surface area contributed by atoms with Gasteiger partial charge in [-0.15, -0.1) is 0 Å². The molecule has 3 fully saturated rings. The second kappa shape index (κ2) is 15.0. The Morgan fingerprint density at radius 1 is 1.00 bits per heavy atom. The number of benzene rings is 2. The zero-order chi connectivity index (χ0) is 40.0. The van der Waals surface area contributed by atoms with Crippen LogP contribution in [0.2, 0.25) is 0 Å². The zero-order valence-corrected chi connectivity index (χ0v) is 32.9. The van der Waals surface area contributed by atoms with E-state index in [1.165, 1.54) is 15.9 Å². The number of carbonyl (C=O) groups excluding carboxylic acids is 4. The van der Waals surface area contributed by atoms with E-state index in [-0.39, 0.29) is 38.2 Å². The number of fused-ring (bicyclic) bond motifs is 3. The Kier molecular flexibility index (Phi) is 10.6. The second-order valence-corrected chi connectivity index (χ2v) is 19.8. The van der Waals surface area contributed by atoms with Gasteiger partial charge in [0.15, 0.2) is 0 Å². The van der Waals surface area contributed by atoms with Crippen molar-refractivity contribution in [3.63, 3.8) is 0 Å². The van der Waals surface area contributed by atoms with Gasteiger partial charge in [-0.2, -0.15) is 0 Å². The first-order chi connectivity index (χ1) is 26.5. The summed E-state index contributed by atoms with van der Waals surface area (Å²) in [5, 5.41) is 6.05. The Balaban J connectivity index is 1.16. The Morgan fingerprint density at radius 3 is 2.48 bits per heavy atom. The van der Waals surface area contributed by atoms with Crippen LogP contribution in [0, 0.1) is 11.7 Å². The number of allylic oxidation sites excluding steroid dienone is 1. The third-order valence-electron chi connectivity index (χ3n) is 11.4. The highest BCUT2D eigenvalue weighted by Gasteiger charge is 2.63. The molecule has 0 radical (unpaired) electrons. The highest BCUT2D eigenvalue weighted by Crippen LogP contribution is 2.47. The summed E-state index contributed by atoms with van der Waals surface area (Å²) in [6.07, 6.45) is 7.09. The number of rotatable bonds is 8. The predicted molar refractivity (Wildman–Crippen MR) is 204 cm³/mol. The third-order valence-corrected chi connectivity index (χ3v) is 14.2. The number of ether oxygens (including phenoxy) is 1. The van der Waals surface area contributed by atoms with Gasteiger partial charge in [0.25, 0.3) is 5.91 Å². The summed E-state index contributed by atoms with van der Waals surface area (Å²) in [5.74, 6) is -2.96. The SMILES string of the molecule is CC1(S(=O)(=O)NC(=O)[C@@]23C[C@H]2C=CCCCCC[C@H](Nc2cccc(NS(C)(=O)=O)c2)C(=O)N2C[C@H](OC(=O)N4Cc5cccc(F)c5C4)C[C@H]2C(=O)N3)CC1. The molecule has 302 valence electrons. The van der Waals surface area contributed by atoms with Crippen LogP contribution in [0.5, 0.6) is 0 Å². The van der Waals surface area contributed by atoms with E-state index in [4.69, 9.17) is 4.74 Å². The normalized spacial score (nSPS) is 27.4. The highest BCUT2D eigenvalue weighted by atomic mass is 32.2. The van der Waals surface area contributed by atoms with E-state index < -0.39 is 84.1 Å². The molecule has 18 heteroatoms. The number of anilines is 2. The molecular weight excluding hydrogens is 768 g/mol. The minimum absolute atomic E-state index is 0.00609. The fourth-order valence-electron chi connectivity index (χ4n) is 7.76. The summed E-state index contributed by atoms with van der Waals surface area (Å²) in [6, 6.07) is 8.93. The van der Waals surface area contributed by atoms with Gasteiger partial charge in [-0.05, 0) is 75.3 Å². The van der Waals surface area contributed by atoms with Crippen molar-refractivity contribution in [2.24, 2.45) is 5.92 Å². The first kappa shape index (κ1) is 39.5.